The molecule has 1 aromatic carbocycles. The Labute approximate surface area is 85.8 Å². The number of benzene rings is 1. The largest absolute Gasteiger partial charge is 0.478 e. The first-order valence-electron chi connectivity index (χ1n) is 3.60. The minimum atomic E-state index is 0.195. The van der Waals surface area contributed by atoms with E-state index in [0.29, 0.717) is 0 Å². The van der Waals surface area contributed by atoms with Crippen LogP contribution in [0.4, 0.5) is 0 Å². The molecule has 0 atom stereocenters. The van der Waals surface area contributed by atoms with E-state index in [0.717, 1.165) is 21.3 Å². The van der Waals surface area contributed by atoms with E-state index in [1.54, 1.807) is 0 Å². The van der Waals surface area contributed by atoms with E-state index in [1.165, 1.54) is 0 Å². The van der Waals surface area contributed by atoms with Gasteiger partial charge in [0.2, 0.25) is 0 Å². The Kier molecular flexibility index (Phi) is 3.41. The average Bonchev–Trinajstić information content (AvgIpc) is 2.01. The van der Waals surface area contributed by atoms with E-state index in [-0.39, 0.29) is 6.07 Å². The molecule has 1 nitrogen and oxygen atoms in total. The van der Waals surface area contributed by atoms with Crippen molar-refractivity contribution in [3.8, 4) is 5.75 Å². The van der Waals surface area contributed by atoms with Crippen LogP contribution in [0.2, 0.25) is 0 Å². The molecule has 1 rings (SSSR count). The van der Waals surface area contributed by atoms with Crippen molar-refractivity contribution in [2.75, 3.05) is 6.07 Å². The highest BCUT2D eigenvalue weighted by Crippen LogP contribution is 2.26. The first-order chi connectivity index (χ1) is 5.65. The third-order valence-electron chi connectivity index (χ3n) is 1.63. The fraction of sp³-hybridized carbons (Fsp3) is 0.333. The summed E-state index contributed by atoms with van der Waals surface area (Å²) in [7, 11) is 0. The van der Waals surface area contributed by atoms with Crippen molar-refractivity contribution in [2.24, 2.45) is 0 Å². The Morgan fingerprint density at radius 1 is 1.33 bits per heavy atom. The van der Waals surface area contributed by atoms with E-state index < -0.39 is 0 Å². The summed E-state index contributed by atoms with van der Waals surface area (Å²) in [6.45, 7) is 4.05. The molecule has 1 aromatic rings. The van der Waals surface area contributed by atoms with E-state index in [2.05, 4.69) is 15.9 Å². The maximum absolute atomic E-state index is 5.45. The highest BCUT2D eigenvalue weighted by atomic mass is 79.9. The van der Waals surface area contributed by atoms with Crippen molar-refractivity contribution in [1.82, 2.24) is 0 Å². The average molecular weight is 250 g/mol. The molecular weight excluding hydrogens is 239 g/mol. The minimum Gasteiger partial charge on any atom is -0.478 e. The molecular formula is C9H10BrClO. The normalized spacial score (nSPS) is 10.0. The van der Waals surface area contributed by atoms with Crippen LogP contribution < -0.4 is 4.74 Å². The van der Waals surface area contributed by atoms with Gasteiger partial charge in [-0.1, -0.05) is 27.5 Å². The summed E-state index contributed by atoms with van der Waals surface area (Å²) < 4.78 is 6.30. The Balaban J connectivity index is 3.04. The molecule has 0 amide bonds. The Morgan fingerprint density at radius 3 is 2.25 bits per heavy atom. The topological polar surface area (TPSA) is 9.23 Å². The molecule has 0 saturated carbocycles. The number of aryl methyl sites for hydroxylation is 2. The predicted molar refractivity (Wildman–Crippen MR) is 55.0 cm³/mol. The number of ether oxygens (including phenoxy) is 1. The van der Waals surface area contributed by atoms with E-state index >= 15 is 0 Å². The number of halogens is 2. The van der Waals surface area contributed by atoms with Crippen LogP contribution in [0.3, 0.4) is 0 Å². The Morgan fingerprint density at radius 2 is 1.83 bits per heavy atom. The van der Waals surface area contributed by atoms with Gasteiger partial charge in [-0.3, -0.25) is 0 Å². The quantitative estimate of drug-likeness (QED) is 0.727. The van der Waals surface area contributed by atoms with Crippen LogP contribution in [0.25, 0.3) is 0 Å². The summed E-state index contributed by atoms with van der Waals surface area (Å²) in [5.41, 5.74) is 2.32. The molecule has 0 spiro atoms. The van der Waals surface area contributed by atoms with Gasteiger partial charge < -0.3 is 4.74 Å². The van der Waals surface area contributed by atoms with Crippen LogP contribution in [0.5, 0.6) is 5.75 Å². The first-order valence-corrected chi connectivity index (χ1v) is 4.93. The molecule has 0 saturated heterocycles. The van der Waals surface area contributed by atoms with Gasteiger partial charge in [-0.25, -0.2) is 0 Å². The highest BCUT2D eigenvalue weighted by molar-refractivity contribution is 9.10. The lowest BCUT2D eigenvalue weighted by molar-refractivity contribution is 0.387. The van der Waals surface area contributed by atoms with Gasteiger partial charge in [0.25, 0.3) is 0 Å². The number of hydrogen-bond donors (Lipinski definition) is 0. The monoisotopic (exact) mass is 248 g/mol. The van der Waals surface area contributed by atoms with Gasteiger partial charge in [0, 0.05) is 4.47 Å². The molecule has 0 heterocycles. The molecule has 0 fully saturated rings. The lowest BCUT2D eigenvalue weighted by Gasteiger charge is -2.07. The molecule has 0 aromatic heterocycles. The second-order valence-electron chi connectivity index (χ2n) is 2.62. The van der Waals surface area contributed by atoms with Gasteiger partial charge in [-0.15, -0.1) is 0 Å². The van der Waals surface area contributed by atoms with E-state index in [9.17, 15) is 0 Å². The number of hydrogen-bond acceptors (Lipinski definition) is 1. The van der Waals surface area contributed by atoms with Crippen molar-refractivity contribution in [1.29, 1.82) is 0 Å². The van der Waals surface area contributed by atoms with Gasteiger partial charge in [0.05, 0.1) is 0 Å². The van der Waals surface area contributed by atoms with Crippen LogP contribution in [0.15, 0.2) is 16.6 Å². The van der Waals surface area contributed by atoms with E-state index in [4.69, 9.17) is 16.3 Å². The summed E-state index contributed by atoms with van der Waals surface area (Å²) in [6, 6.07) is 4.11. The lowest BCUT2D eigenvalue weighted by atomic mass is 10.1. The number of rotatable bonds is 2. The molecule has 0 aliphatic heterocycles. The van der Waals surface area contributed by atoms with Crippen LogP contribution in [0, 0.1) is 13.8 Å². The highest BCUT2D eigenvalue weighted by Gasteiger charge is 2.01. The summed E-state index contributed by atoms with van der Waals surface area (Å²) in [6.07, 6.45) is 0. The summed E-state index contributed by atoms with van der Waals surface area (Å²) >= 11 is 8.92. The summed E-state index contributed by atoms with van der Waals surface area (Å²) in [5.74, 6) is 0.822. The van der Waals surface area contributed by atoms with Gasteiger partial charge >= 0.3 is 0 Å². The van der Waals surface area contributed by atoms with E-state index in [1.807, 2.05) is 26.0 Å². The molecule has 66 valence electrons. The molecule has 0 unspecified atom stereocenters. The summed E-state index contributed by atoms with van der Waals surface area (Å²) in [5, 5.41) is 0. The third kappa shape index (κ3) is 2.14. The third-order valence-corrected chi connectivity index (χ3v) is 2.99. The van der Waals surface area contributed by atoms with Gasteiger partial charge in [-0.2, -0.15) is 0 Å². The smallest absolute Gasteiger partial charge is 0.162 e. The van der Waals surface area contributed by atoms with Crippen molar-refractivity contribution in [3.05, 3.63) is 27.7 Å². The second kappa shape index (κ2) is 4.15. The Bertz CT molecular complexity index is 263. The van der Waals surface area contributed by atoms with Crippen LogP contribution in [-0.2, 0) is 0 Å². The van der Waals surface area contributed by atoms with Gasteiger partial charge in [0.15, 0.2) is 6.07 Å². The van der Waals surface area contributed by atoms with Crippen LogP contribution in [-0.4, -0.2) is 6.07 Å². The van der Waals surface area contributed by atoms with Crippen molar-refractivity contribution in [2.45, 2.75) is 13.8 Å². The molecule has 0 N–H and O–H groups in total. The Hall–Kier alpha value is -0.210. The molecule has 12 heavy (non-hydrogen) atoms. The summed E-state index contributed by atoms with van der Waals surface area (Å²) in [4.78, 5) is 0. The van der Waals surface area contributed by atoms with Crippen molar-refractivity contribution in [3.63, 3.8) is 0 Å². The molecule has 3 heteroatoms. The predicted octanol–water partition coefficient (Wildman–Crippen LogP) is 3.64. The van der Waals surface area contributed by atoms with Crippen LogP contribution >= 0.6 is 27.5 Å². The maximum atomic E-state index is 5.45. The van der Waals surface area contributed by atoms with Crippen molar-refractivity contribution < 1.29 is 4.74 Å². The standard InChI is InChI=1S/C9H10BrClO/c1-6-3-8(12-5-11)4-7(2)9(6)10/h3-4H,5H2,1-2H3. The fourth-order valence-electron chi connectivity index (χ4n) is 1.05. The second-order valence-corrected chi connectivity index (χ2v) is 3.64. The maximum Gasteiger partial charge on any atom is 0.162 e. The molecule has 0 aliphatic rings. The lowest BCUT2D eigenvalue weighted by Crippen LogP contribution is -1.91. The zero-order valence-corrected chi connectivity index (χ0v) is 9.37. The minimum absolute atomic E-state index is 0.195. The zero-order valence-electron chi connectivity index (χ0n) is 7.03. The fourth-order valence-corrected chi connectivity index (χ4v) is 1.41. The van der Waals surface area contributed by atoms with Gasteiger partial charge in [0.1, 0.15) is 5.75 Å². The molecule has 0 aliphatic carbocycles. The zero-order chi connectivity index (χ0) is 9.14. The number of alkyl halides is 1. The van der Waals surface area contributed by atoms with Gasteiger partial charge in [-0.05, 0) is 37.1 Å². The van der Waals surface area contributed by atoms with Crippen LogP contribution in [0.1, 0.15) is 11.1 Å². The first kappa shape index (κ1) is 9.87. The SMILES string of the molecule is Cc1cc(OCCl)cc(C)c1Br. The molecule has 0 bridgehead atoms. The molecule has 0 radical (unpaired) electrons. The van der Waals surface area contributed by atoms with Crippen molar-refractivity contribution >= 4 is 27.5 Å².